The molecule has 0 radical (unpaired) electrons. The smallest absolute Gasteiger partial charge is 0.317 e. The molecule has 0 atom stereocenters. The first-order valence-corrected chi connectivity index (χ1v) is 9.54. The zero-order chi connectivity index (χ0) is 18.9. The molecule has 0 bridgehead atoms. The Hall–Kier alpha value is -2.08. The molecule has 144 valence electrons. The number of likely N-dealkylation sites (N-methyl/N-ethyl adjacent to an activating group) is 1. The largest absolute Gasteiger partial charge is 0.351 e. The maximum atomic E-state index is 12.1. The molecule has 0 unspecified atom stereocenters. The Labute approximate surface area is 156 Å². The van der Waals surface area contributed by atoms with E-state index in [0.717, 1.165) is 38.9 Å². The van der Waals surface area contributed by atoms with Gasteiger partial charge in [0.25, 0.3) is 5.91 Å². The topological polar surface area (TPSA) is 64.7 Å². The number of nitrogens with zero attached hydrogens (tertiary/aromatic N) is 2. The summed E-state index contributed by atoms with van der Waals surface area (Å²) in [6.07, 6.45) is 3.07. The summed E-state index contributed by atoms with van der Waals surface area (Å²) in [7, 11) is 3.98. The highest BCUT2D eigenvalue weighted by Gasteiger charge is 2.22. The van der Waals surface area contributed by atoms with Crippen LogP contribution in [0.5, 0.6) is 0 Å². The van der Waals surface area contributed by atoms with Gasteiger partial charge in [0.2, 0.25) is 0 Å². The Kier molecular flexibility index (Phi) is 7.91. The summed E-state index contributed by atoms with van der Waals surface area (Å²) in [5, 5.41) is 5.80. The number of likely N-dealkylation sites (tertiary alicyclic amines) is 1. The Morgan fingerprint density at radius 1 is 1.12 bits per heavy atom. The van der Waals surface area contributed by atoms with Crippen molar-refractivity contribution in [2.24, 2.45) is 5.92 Å². The van der Waals surface area contributed by atoms with Crippen LogP contribution in [0.15, 0.2) is 24.3 Å². The standard InChI is InChI=1S/C20H32N4O2/c1-4-21-20(26)24-12-9-17(10-13-24)15-16-5-7-18(8-6-16)19(25)22-11-14-23(2)3/h5-8,17H,4,9-15H2,1-3H3,(H,21,26)(H,22,25). The molecule has 1 aromatic carbocycles. The van der Waals surface area contributed by atoms with Gasteiger partial charge < -0.3 is 20.4 Å². The van der Waals surface area contributed by atoms with Crippen LogP contribution in [0.2, 0.25) is 0 Å². The van der Waals surface area contributed by atoms with E-state index in [0.29, 0.717) is 24.6 Å². The minimum Gasteiger partial charge on any atom is -0.351 e. The molecule has 2 rings (SSSR count). The average molecular weight is 361 g/mol. The monoisotopic (exact) mass is 360 g/mol. The van der Waals surface area contributed by atoms with Gasteiger partial charge in [-0.25, -0.2) is 4.79 Å². The van der Waals surface area contributed by atoms with Crippen LogP contribution in [-0.4, -0.2) is 68.6 Å². The maximum Gasteiger partial charge on any atom is 0.317 e. The second-order valence-corrected chi connectivity index (χ2v) is 7.23. The van der Waals surface area contributed by atoms with Crippen molar-refractivity contribution in [3.8, 4) is 0 Å². The van der Waals surface area contributed by atoms with Crippen molar-refractivity contribution in [2.45, 2.75) is 26.2 Å². The van der Waals surface area contributed by atoms with E-state index in [4.69, 9.17) is 0 Å². The van der Waals surface area contributed by atoms with Gasteiger partial charge in [-0.1, -0.05) is 12.1 Å². The number of amides is 3. The van der Waals surface area contributed by atoms with Gasteiger partial charge in [-0.3, -0.25) is 4.79 Å². The van der Waals surface area contributed by atoms with Crippen LogP contribution in [0.4, 0.5) is 4.79 Å². The SMILES string of the molecule is CCNC(=O)N1CCC(Cc2ccc(C(=O)NCCN(C)C)cc2)CC1. The Morgan fingerprint density at radius 3 is 2.35 bits per heavy atom. The molecule has 2 N–H and O–H groups in total. The van der Waals surface area contributed by atoms with Gasteiger partial charge in [0, 0.05) is 38.3 Å². The summed E-state index contributed by atoms with van der Waals surface area (Å²) in [6.45, 7) is 5.74. The van der Waals surface area contributed by atoms with Crippen LogP contribution in [-0.2, 0) is 6.42 Å². The molecule has 1 aromatic rings. The fourth-order valence-electron chi connectivity index (χ4n) is 3.22. The average Bonchev–Trinajstić information content (AvgIpc) is 2.63. The molecule has 0 aromatic heterocycles. The molecule has 1 aliphatic heterocycles. The van der Waals surface area contributed by atoms with Gasteiger partial charge in [-0.15, -0.1) is 0 Å². The molecule has 0 saturated carbocycles. The van der Waals surface area contributed by atoms with E-state index >= 15 is 0 Å². The Morgan fingerprint density at radius 2 is 1.77 bits per heavy atom. The van der Waals surface area contributed by atoms with E-state index in [1.165, 1.54) is 5.56 Å². The highest BCUT2D eigenvalue weighted by molar-refractivity contribution is 5.94. The van der Waals surface area contributed by atoms with Gasteiger partial charge in [-0.05, 0) is 63.9 Å². The lowest BCUT2D eigenvalue weighted by atomic mass is 9.90. The van der Waals surface area contributed by atoms with Crippen molar-refractivity contribution in [1.29, 1.82) is 0 Å². The highest BCUT2D eigenvalue weighted by atomic mass is 16.2. The number of urea groups is 1. The van der Waals surface area contributed by atoms with Gasteiger partial charge in [-0.2, -0.15) is 0 Å². The van der Waals surface area contributed by atoms with Crippen LogP contribution in [0.3, 0.4) is 0 Å². The fraction of sp³-hybridized carbons (Fsp3) is 0.600. The minimum atomic E-state index is -0.0198. The number of benzene rings is 1. The number of piperidine rings is 1. The predicted molar refractivity (Wildman–Crippen MR) is 104 cm³/mol. The molecule has 1 aliphatic rings. The molecule has 0 spiro atoms. The quantitative estimate of drug-likeness (QED) is 0.781. The minimum absolute atomic E-state index is 0.0198. The highest BCUT2D eigenvalue weighted by Crippen LogP contribution is 2.22. The number of carbonyl (C=O) groups excluding carboxylic acids is 2. The Bertz CT molecular complexity index is 578. The predicted octanol–water partition coefficient (Wildman–Crippen LogP) is 1.96. The molecule has 0 aliphatic carbocycles. The number of nitrogens with one attached hydrogen (secondary N) is 2. The second-order valence-electron chi connectivity index (χ2n) is 7.23. The van der Waals surface area contributed by atoms with Crippen LogP contribution >= 0.6 is 0 Å². The van der Waals surface area contributed by atoms with Crippen molar-refractivity contribution >= 4 is 11.9 Å². The molecule has 1 saturated heterocycles. The number of rotatable bonds is 7. The van der Waals surface area contributed by atoms with Crippen LogP contribution < -0.4 is 10.6 Å². The van der Waals surface area contributed by atoms with Crippen molar-refractivity contribution in [2.75, 3.05) is 46.8 Å². The molecular weight excluding hydrogens is 328 g/mol. The van der Waals surface area contributed by atoms with E-state index in [-0.39, 0.29) is 11.9 Å². The fourth-order valence-corrected chi connectivity index (χ4v) is 3.22. The van der Waals surface area contributed by atoms with Gasteiger partial charge in [0.1, 0.15) is 0 Å². The van der Waals surface area contributed by atoms with Gasteiger partial charge in [0.15, 0.2) is 0 Å². The van der Waals surface area contributed by atoms with Crippen molar-refractivity contribution in [3.63, 3.8) is 0 Å². The van der Waals surface area contributed by atoms with Crippen molar-refractivity contribution in [1.82, 2.24) is 20.4 Å². The van der Waals surface area contributed by atoms with E-state index in [9.17, 15) is 9.59 Å². The van der Waals surface area contributed by atoms with Crippen LogP contribution in [0.1, 0.15) is 35.7 Å². The third-order valence-corrected chi connectivity index (χ3v) is 4.81. The normalized spacial score (nSPS) is 15.2. The van der Waals surface area contributed by atoms with Gasteiger partial charge in [0.05, 0.1) is 0 Å². The summed E-state index contributed by atoms with van der Waals surface area (Å²) in [4.78, 5) is 27.9. The number of carbonyl (C=O) groups is 2. The van der Waals surface area contributed by atoms with E-state index < -0.39 is 0 Å². The number of hydrogen-bond donors (Lipinski definition) is 2. The summed E-state index contributed by atoms with van der Waals surface area (Å²) >= 11 is 0. The van der Waals surface area contributed by atoms with Crippen molar-refractivity contribution < 1.29 is 9.59 Å². The summed E-state index contributed by atoms with van der Waals surface area (Å²) < 4.78 is 0. The summed E-state index contributed by atoms with van der Waals surface area (Å²) in [5.41, 5.74) is 1.96. The zero-order valence-electron chi connectivity index (χ0n) is 16.3. The molecule has 6 nitrogen and oxygen atoms in total. The van der Waals surface area contributed by atoms with Crippen LogP contribution in [0.25, 0.3) is 0 Å². The summed E-state index contributed by atoms with van der Waals surface area (Å²) in [5.74, 6) is 0.578. The summed E-state index contributed by atoms with van der Waals surface area (Å²) in [6, 6.07) is 7.97. The lowest BCUT2D eigenvalue weighted by Crippen LogP contribution is -2.44. The van der Waals surface area contributed by atoms with E-state index in [1.807, 2.05) is 43.0 Å². The first-order chi connectivity index (χ1) is 12.5. The lowest BCUT2D eigenvalue weighted by Gasteiger charge is -2.32. The van der Waals surface area contributed by atoms with E-state index in [2.05, 4.69) is 22.8 Å². The molecular formula is C20H32N4O2. The first kappa shape index (κ1) is 20.2. The first-order valence-electron chi connectivity index (χ1n) is 9.54. The second kappa shape index (κ2) is 10.2. The molecule has 6 heteroatoms. The number of hydrogen-bond acceptors (Lipinski definition) is 3. The van der Waals surface area contributed by atoms with Crippen LogP contribution in [0, 0.1) is 5.92 Å². The van der Waals surface area contributed by atoms with E-state index in [1.54, 1.807) is 0 Å². The van der Waals surface area contributed by atoms with Gasteiger partial charge >= 0.3 is 6.03 Å². The molecule has 3 amide bonds. The van der Waals surface area contributed by atoms with Crippen molar-refractivity contribution in [3.05, 3.63) is 35.4 Å². The third-order valence-electron chi connectivity index (χ3n) is 4.81. The maximum absolute atomic E-state index is 12.1. The molecule has 1 fully saturated rings. The third kappa shape index (κ3) is 6.33. The Balaban J connectivity index is 1.77. The molecule has 1 heterocycles. The molecule has 26 heavy (non-hydrogen) atoms. The lowest BCUT2D eigenvalue weighted by molar-refractivity contribution is 0.0951. The zero-order valence-corrected chi connectivity index (χ0v) is 16.3.